The van der Waals surface area contributed by atoms with Gasteiger partial charge in [0.2, 0.25) is 0 Å². The van der Waals surface area contributed by atoms with Crippen molar-refractivity contribution in [3.05, 3.63) is 29.7 Å². The molecule has 0 bridgehead atoms. The number of pyridine rings is 1. The monoisotopic (exact) mass is 277 g/mol. The van der Waals surface area contributed by atoms with E-state index in [4.69, 9.17) is 4.74 Å². The minimum absolute atomic E-state index is 0.179. The first-order chi connectivity index (χ1) is 9.50. The number of carbonyl (C=O) groups is 1. The van der Waals surface area contributed by atoms with Gasteiger partial charge in [0.05, 0.1) is 12.3 Å². The molecule has 0 amide bonds. The average molecular weight is 277 g/mol. The maximum absolute atomic E-state index is 11.2. The van der Waals surface area contributed by atoms with Crippen molar-refractivity contribution in [1.82, 2.24) is 14.3 Å². The number of ether oxygens (including phenoxy) is 1. The Bertz CT molecular complexity index is 619. The van der Waals surface area contributed by atoms with Crippen LogP contribution in [0.1, 0.15) is 22.6 Å². The largest absolute Gasteiger partial charge is 0.490 e. The number of rotatable bonds is 6. The third-order valence-electron chi connectivity index (χ3n) is 3.00. The molecule has 0 aliphatic carbocycles. The van der Waals surface area contributed by atoms with Crippen molar-refractivity contribution >= 4 is 11.6 Å². The van der Waals surface area contributed by atoms with Crippen LogP contribution in [0.3, 0.4) is 0 Å². The summed E-state index contributed by atoms with van der Waals surface area (Å²) < 4.78 is 7.27. The number of nitrogens with zero attached hydrogens (tertiary/aromatic N) is 3. The summed E-state index contributed by atoms with van der Waals surface area (Å²) in [6, 6.07) is 3.57. The predicted molar refractivity (Wildman–Crippen MR) is 75.6 cm³/mol. The Morgan fingerprint density at radius 3 is 2.90 bits per heavy atom. The molecule has 0 saturated carbocycles. The molecule has 0 spiro atoms. The first-order valence-electron chi connectivity index (χ1n) is 6.49. The van der Waals surface area contributed by atoms with E-state index in [1.54, 1.807) is 23.6 Å². The van der Waals surface area contributed by atoms with Crippen LogP contribution in [0.5, 0.6) is 5.75 Å². The summed E-state index contributed by atoms with van der Waals surface area (Å²) >= 11 is 0. The lowest BCUT2D eigenvalue weighted by atomic mass is 10.3. The Balaban J connectivity index is 2.22. The van der Waals surface area contributed by atoms with Crippen molar-refractivity contribution in [3.63, 3.8) is 0 Å². The van der Waals surface area contributed by atoms with Crippen LogP contribution >= 0.6 is 0 Å². The zero-order valence-corrected chi connectivity index (χ0v) is 12.0. The number of carboxylic acid groups (broad SMARTS) is 1. The molecule has 0 unspecified atom stereocenters. The van der Waals surface area contributed by atoms with Gasteiger partial charge in [-0.15, -0.1) is 0 Å². The van der Waals surface area contributed by atoms with E-state index in [0.29, 0.717) is 23.7 Å². The molecule has 0 radical (unpaired) electrons. The Morgan fingerprint density at radius 1 is 1.50 bits per heavy atom. The highest BCUT2D eigenvalue weighted by Gasteiger charge is 2.17. The van der Waals surface area contributed by atoms with Crippen molar-refractivity contribution in [2.45, 2.75) is 13.3 Å². The molecule has 2 rings (SSSR count). The molecule has 20 heavy (non-hydrogen) atoms. The summed E-state index contributed by atoms with van der Waals surface area (Å²) in [5.41, 5.74) is 1.22. The molecule has 6 heteroatoms. The number of imidazole rings is 1. The molecular formula is C14H19N3O3. The van der Waals surface area contributed by atoms with Crippen LogP contribution < -0.4 is 4.74 Å². The van der Waals surface area contributed by atoms with Gasteiger partial charge in [-0.2, -0.15) is 0 Å². The number of carboxylic acids is 1. The fourth-order valence-corrected chi connectivity index (χ4v) is 2.09. The topological polar surface area (TPSA) is 67.1 Å². The minimum atomic E-state index is -0.986. The third kappa shape index (κ3) is 2.91. The number of hydrogen-bond acceptors (Lipinski definition) is 4. The van der Waals surface area contributed by atoms with Crippen molar-refractivity contribution < 1.29 is 14.6 Å². The van der Waals surface area contributed by atoms with Crippen LogP contribution in [0, 0.1) is 6.92 Å². The van der Waals surface area contributed by atoms with Crippen LogP contribution in [0.25, 0.3) is 5.65 Å². The smallest absolute Gasteiger partial charge is 0.354 e. The van der Waals surface area contributed by atoms with Gasteiger partial charge < -0.3 is 14.7 Å². The second kappa shape index (κ2) is 5.92. The van der Waals surface area contributed by atoms with E-state index in [1.807, 2.05) is 20.2 Å². The lowest BCUT2D eigenvalue weighted by molar-refractivity contribution is 0.0688. The van der Waals surface area contributed by atoms with E-state index in [-0.39, 0.29) is 5.69 Å². The number of aryl methyl sites for hydroxylation is 1. The highest BCUT2D eigenvalue weighted by molar-refractivity contribution is 5.88. The van der Waals surface area contributed by atoms with Gasteiger partial charge in [0, 0.05) is 12.7 Å². The first kappa shape index (κ1) is 14.3. The normalized spacial score (nSPS) is 11.2. The number of aromatic carboxylic acids is 1. The van der Waals surface area contributed by atoms with Crippen LogP contribution in [-0.4, -0.2) is 52.6 Å². The first-order valence-corrected chi connectivity index (χ1v) is 6.49. The van der Waals surface area contributed by atoms with Gasteiger partial charge in [-0.05, 0) is 39.6 Å². The second-order valence-electron chi connectivity index (χ2n) is 4.92. The van der Waals surface area contributed by atoms with Gasteiger partial charge in [-0.25, -0.2) is 9.78 Å². The maximum Gasteiger partial charge on any atom is 0.354 e. The van der Waals surface area contributed by atoms with Gasteiger partial charge in [0.25, 0.3) is 0 Å². The summed E-state index contributed by atoms with van der Waals surface area (Å²) in [7, 11) is 4.02. The van der Waals surface area contributed by atoms with E-state index >= 15 is 0 Å². The van der Waals surface area contributed by atoms with Crippen LogP contribution in [0.4, 0.5) is 0 Å². The quantitative estimate of drug-likeness (QED) is 0.814. The van der Waals surface area contributed by atoms with E-state index < -0.39 is 5.97 Å². The lowest BCUT2D eigenvalue weighted by Gasteiger charge is -2.10. The van der Waals surface area contributed by atoms with E-state index in [0.717, 1.165) is 13.0 Å². The molecule has 1 N–H and O–H groups in total. The fourth-order valence-electron chi connectivity index (χ4n) is 2.09. The molecule has 6 nitrogen and oxygen atoms in total. The standard InChI is InChI=1S/C14H19N3O3/c1-10-12(14(18)19)17-8-4-6-11(13(17)15-10)20-9-5-7-16(2)3/h4,6,8H,5,7,9H2,1-3H3,(H,18,19). The fraction of sp³-hybridized carbons (Fsp3) is 0.429. The van der Waals surface area contributed by atoms with Crippen LogP contribution in [0.2, 0.25) is 0 Å². The van der Waals surface area contributed by atoms with Crippen molar-refractivity contribution in [2.24, 2.45) is 0 Å². The van der Waals surface area contributed by atoms with Crippen molar-refractivity contribution in [3.8, 4) is 5.75 Å². The molecule has 0 aliphatic heterocycles. The molecule has 0 saturated heterocycles. The number of fused-ring (bicyclic) bond motifs is 1. The summed E-state index contributed by atoms with van der Waals surface area (Å²) in [6.07, 6.45) is 2.59. The van der Waals surface area contributed by atoms with E-state index in [2.05, 4.69) is 9.88 Å². The molecule has 0 atom stereocenters. The van der Waals surface area contributed by atoms with Gasteiger partial charge in [-0.1, -0.05) is 0 Å². The number of hydrogen-bond donors (Lipinski definition) is 1. The van der Waals surface area contributed by atoms with Crippen LogP contribution in [-0.2, 0) is 0 Å². The zero-order valence-electron chi connectivity index (χ0n) is 12.0. The lowest BCUT2D eigenvalue weighted by Crippen LogP contribution is -2.15. The maximum atomic E-state index is 11.2. The Kier molecular flexibility index (Phi) is 4.24. The molecular weight excluding hydrogens is 258 g/mol. The van der Waals surface area contributed by atoms with Crippen LogP contribution in [0.15, 0.2) is 18.3 Å². The summed E-state index contributed by atoms with van der Waals surface area (Å²) in [5, 5.41) is 9.21. The molecule has 0 fully saturated rings. The molecule has 108 valence electrons. The molecule has 2 aromatic heterocycles. The summed E-state index contributed by atoms with van der Waals surface area (Å²) in [4.78, 5) is 17.6. The summed E-state index contributed by atoms with van der Waals surface area (Å²) in [5.74, 6) is -0.374. The second-order valence-corrected chi connectivity index (χ2v) is 4.92. The predicted octanol–water partition coefficient (Wildman–Crippen LogP) is 1.67. The summed E-state index contributed by atoms with van der Waals surface area (Å²) in [6.45, 7) is 3.20. The van der Waals surface area contributed by atoms with E-state index in [1.165, 1.54) is 0 Å². The van der Waals surface area contributed by atoms with Gasteiger partial charge in [0.15, 0.2) is 17.1 Å². The third-order valence-corrected chi connectivity index (χ3v) is 3.00. The van der Waals surface area contributed by atoms with Gasteiger partial charge in [-0.3, -0.25) is 4.40 Å². The highest BCUT2D eigenvalue weighted by Crippen LogP contribution is 2.22. The van der Waals surface area contributed by atoms with Crippen molar-refractivity contribution in [1.29, 1.82) is 0 Å². The molecule has 2 heterocycles. The van der Waals surface area contributed by atoms with Crippen molar-refractivity contribution in [2.75, 3.05) is 27.2 Å². The Labute approximate surface area is 117 Å². The number of aromatic nitrogens is 2. The average Bonchev–Trinajstić information content (AvgIpc) is 2.71. The van der Waals surface area contributed by atoms with E-state index in [9.17, 15) is 9.90 Å². The highest BCUT2D eigenvalue weighted by atomic mass is 16.5. The Morgan fingerprint density at radius 2 is 2.25 bits per heavy atom. The molecule has 0 aliphatic rings. The molecule has 2 aromatic rings. The van der Waals surface area contributed by atoms with Gasteiger partial charge in [0.1, 0.15) is 0 Å². The minimum Gasteiger partial charge on any atom is -0.490 e. The molecule has 0 aromatic carbocycles. The van der Waals surface area contributed by atoms with Gasteiger partial charge >= 0.3 is 5.97 Å². The zero-order chi connectivity index (χ0) is 14.7. The Hall–Kier alpha value is -2.08. The SMILES string of the molecule is Cc1nc2c(OCCCN(C)C)cccn2c1C(=O)O.